The van der Waals surface area contributed by atoms with E-state index in [2.05, 4.69) is 38.6 Å². The number of benzene rings is 2. The van der Waals surface area contributed by atoms with Gasteiger partial charge in [0.1, 0.15) is 19.0 Å². The van der Waals surface area contributed by atoms with Crippen molar-refractivity contribution < 1.29 is 9.13 Å². The quantitative estimate of drug-likeness (QED) is 0.429. The zero-order chi connectivity index (χ0) is 20.1. The van der Waals surface area contributed by atoms with E-state index >= 15 is 0 Å². The number of fused-ring (bicyclic) bond motifs is 1. The van der Waals surface area contributed by atoms with E-state index in [1.165, 1.54) is 11.5 Å². The molecule has 0 atom stereocenters. The number of aromatic amines is 2. The molecular formula is C22H21FN4OS. The fraction of sp³-hybridized carbons (Fsp3) is 0.182. The Morgan fingerprint density at radius 3 is 2.55 bits per heavy atom. The van der Waals surface area contributed by atoms with Gasteiger partial charge in [-0.1, -0.05) is 42.7 Å². The Hall–Kier alpha value is -3.19. The van der Waals surface area contributed by atoms with Crippen LogP contribution in [-0.4, -0.2) is 32.8 Å². The number of H-pyrrole nitrogens is 2. The van der Waals surface area contributed by atoms with Gasteiger partial charge in [-0.15, -0.1) is 0 Å². The number of nitrogens with one attached hydrogen (secondary N) is 2. The van der Waals surface area contributed by atoms with Gasteiger partial charge in [-0.2, -0.15) is 10.2 Å². The molecule has 0 aliphatic heterocycles. The van der Waals surface area contributed by atoms with Crippen LogP contribution in [-0.2, 0) is 6.42 Å². The van der Waals surface area contributed by atoms with Crippen LogP contribution >= 0.6 is 11.5 Å². The van der Waals surface area contributed by atoms with E-state index in [1.54, 1.807) is 0 Å². The lowest BCUT2D eigenvalue weighted by atomic mass is 10.1. The van der Waals surface area contributed by atoms with Crippen molar-refractivity contribution in [3.63, 3.8) is 0 Å². The van der Waals surface area contributed by atoms with Gasteiger partial charge in [-0.25, -0.2) is 4.39 Å². The highest BCUT2D eigenvalue weighted by Crippen LogP contribution is 2.25. The van der Waals surface area contributed by atoms with Crippen molar-refractivity contribution in [1.29, 1.82) is 0 Å². The van der Waals surface area contributed by atoms with Crippen molar-refractivity contribution in [2.75, 3.05) is 13.3 Å². The first kappa shape index (κ1) is 19.1. The van der Waals surface area contributed by atoms with E-state index in [0.717, 1.165) is 44.8 Å². The molecule has 0 aliphatic carbocycles. The molecule has 2 N–H and O–H groups in total. The SMILES string of the molecule is CCc1ccc(-c2ccc(-c3c[nH]c4ccc(OCCF)cc4s[nH]3)cc2)nn1. The first-order chi connectivity index (χ1) is 14.3. The minimum atomic E-state index is -0.503. The van der Waals surface area contributed by atoms with Crippen molar-refractivity contribution >= 4 is 21.7 Å². The second-order valence-electron chi connectivity index (χ2n) is 6.44. The average molecular weight is 409 g/mol. The van der Waals surface area contributed by atoms with E-state index in [-0.39, 0.29) is 6.61 Å². The summed E-state index contributed by atoms with van der Waals surface area (Å²) in [5.41, 5.74) is 5.84. The molecular weight excluding hydrogens is 387 g/mol. The summed E-state index contributed by atoms with van der Waals surface area (Å²) in [5.74, 6) is 0.653. The highest BCUT2D eigenvalue weighted by Gasteiger charge is 2.04. The number of ether oxygens (including phenoxy) is 1. The highest BCUT2D eigenvalue weighted by atomic mass is 32.1. The number of aryl methyl sites for hydroxylation is 1. The van der Waals surface area contributed by atoms with Crippen LogP contribution < -0.4 is 4.74 Å². The second kappa shape index (κ2) is 8.87. The van der Waals surface area contributed by atoms with E-state index in [4.69, 9.17) is 4.74 Å². The summed E-state index contributed by atoms with van der Waals surface area (Å²) in [6.45, 7) is 1.62. The maximum Gasteiger partial charge on any atom is 0.123 e. The van der Waals surface area contributed by atoms with Gasteiger partial charge < -0.3 is 14.1 Å². The van der Waals surface area contributed by atoms with Crippen molar-refractivity contribution in [2.45, 2.75) is 13.3 Å². The Labute approximate surface area is 172 Å². The summed E-state index contributed by atoms with van der Waals surface area (Å²) < 4.78 is 22.0. The predicted molar refractivity (Wildman–Crippen MR) is 115 cm³/mol. The fourth-order valence-electron chi connectivity index (χ4n) is 2.91. The van der Waals surface area contributed by atoms with Crippen LogP contribution in [0.4, 0.5) is 4.39 Å². The Balaban J connectivity index is 1.61. The van der Waals surface area contributed by atoms with Crippen LogP contribution in [0.5, 0.6) is 5.75 Å². The minimum absolute atomic E-state index is 0.0612. The number of halogens is 1. The molecule has 148 valence electrons. The lowest BCUT2D eigenvalue weighted by Crippen LogP contribution is -1.97. The summed E-state index contributed by atoms with van der Waals surface area (Å²) in [4.78, 5) is 3.32. The molecule has 2 aromatic heterocycles. The first-order valence-corrected chi connectivity index (χ1v) is 10.2. The van der Waals surface area contributed by atoms with E-state index in [1.807, 2.05) is 48.7 Å². The van der Waals surface area contributed by atoms with Gasteiger partial charge >= 0.3 is 0 Å². The monoisotopic (exact) mass is 408 g/mol. The topological polar surface area (TPSA) is 66.6 Å². The molecule has 0 saturated carbocycles. The van der Waals surface area contributed by atoms with Crippen molar-refractivity contribution in [1.82, 2.24) is 19.6 Å². The summed E-state index contributed by atoms with van der Waals surface area (Å²) in [6, 6.07) is 17.9. The van der Waals surface area contributed by atoms with E-state index in [0.29, 0.717) is 5.75 Å². The van der Waals surface area contributed by atoms with Crippen LogP contribution in [0.3, 0.4) is 0 Å². The third-order valence-electron chi connectivity index (χ3n) is 4.52. The smallest absolute Gasteiger partial charge is 0.123 e. The Kier molecular flexibility index (Phi) is 5.86. The van der Waals surface area contributed by atoms with E-state index in [9.17, 15) is 4.39 Å². The van der Waals surface area contributed by atoms with Crippen molar-refractivity contribution in [3.05, 3.63) is 66.5 Å². The minimum Gasteiger partial charge on any atom is -0.491 e. The lowest BCUT2D eigenvalue weighted by molar-refractivity contribution is 0.273. The van der Waals surface area contributed by atoms with Crippen LogP contribution in [0.1, 0.15) is 12.6 Å². The molecule has 7 heteroatoms. The van der Waals surface area contributed by atoms with Crippen LogP contribution in [0.25, 0.3) is 32.7 Å². The highest BCUT2D eigenvalue weighted by molar-refractivity contribution is 7.12. The molecule has 0 bridgehead atoms. The second-order valence-corrected chi connectivity index (χ2v) is 7.29. The number of hydrogen-bond acceptors (Lipinski definition) is 4. The zero-order valence-electron chi connectivity index (χ0n) is 16.0. The molecule has 29 heavy (non-hydrogen) atoms. The third-order valence-corrected chi connectivity index (χ3v) is 5.40. The van der Waals surface area contributed by atoms with Crippen LogP contribution in [0, 0.1) is 0 Å². The Morgan fingerprint density at radius 2 is 1.83 bits per heavy atom. The molecule has 0 aliphatic rings. The Morgan fingerprint density at radius 1 is 1.00 bits per heavy atom. The van der Waals surface area contributed by atoms with Gasteiger partial charge in [0, 0.05) is 23.4 Å². The molecule has 0 spiro atoms. The lowest BCUT2D eigenvalue weighted by Gasteiger charge is -2.03. The molecule has 0 unspecified atom stereocenters. The van der Waals surface area contributed by atoms with Gasteiger partial charge in [-0.3, -0.25) is 0 Å². The van der Waals surface area contributed by atoms with Gasteiger partial charge in [0.2, 0.25) is 0 Å². The predicted octanol–water partition coefficient (Wildman–Crippen LogP) is 5.72. The third kappa shape index (κ3) is 4.46. The molecule has 0 amide bonds. The molecule has 0 radical (unpaired) electrons. The van der Waals surface area contributed by atoms with Gasteiger partial charge in [0.25, 0.3) is 0 Å². The molecule has 5 nitrogen and oxygen atoms in total. The summed E-state index contributed by atoms with van der Waals surface area (Å²) in [7, 11) is 0. The maximum absolute atomic E-state index is 12.3. The van der Waals surface area contributed by atoms with Gasteiger partial charge in [-0.05, 0) is 30.7 Å². The van der Waals surface area contributed by atoms with Gasteiger partial charge in [0.15, 0.2) is 0 Å². The van der Waals surface area contributed by atoms with Crippen LogP contribution in [0.15, 0.2) is 60.8 Å². The molecule has 2 aromatic carbocycles. The summed E-state index contributed by atoms with van der Waals surface area (Å²) >= 11 is 1.49. The maximum atomic E-state index is 12.3. The number of nitrogens with zero attached hydrogens (tertiary/aromatic N) is 2. The summed E-state index contributed by atoms with van der Waals surface area (Å²) in [6.07, 6.45) is 2.81. The molecule has 0 fully saturated rings. The number of alkyl halides is 1. The number of hydrogen-bond donors (Lipinski definition) is 2. The standard InChI is InChI=1S/C22H21FN4OS/c1-2-17-7-9-19(26-25-17)15-3-5-16(6-4-15)21-14-24-20-10-8-18(28-12-11-23)13-22(20)29-27-21/h3-10,13-14,24,27H,2,11-12H2,1H3. The fourth-order valence-corrected chi connectivity index (χ4v) is 3.72. The summed E-state index contributed by atoms with van der Waals surface area (Å²) in [5, 5.41) is 8.53. The molecule has 4 rings (SSSR count). The molecule has 0 saturated heterocycles. The number of aromatic nitrogens is 4. The molecule has 4 aromatic rings. The normalized spacial score (nSPS) is 10.8. The van der Waals surface area contributed by atoms with Crippen molar-refractivity contribution in [3.8, 4) is 28.3 Å². The molecule has 2 heterocycles. The van der Waals surface area contributed by atoms with E-state index < -0.39 is 6.67 Å². The van der Waals surface area contributed by atoms with Crippen molar-refractivity contribution in [2.24, 2.45) is 0 Å². The van der Waals surface area contributed by atoms with Gasteiger partial charge in [0.05, 0.1) is 27.3 Å². The average Bonchev–Trinajstić information content (AvgIpc) is 3.00. The Bertz CT molecular complexity index is 1130. The largest absolute Gasteiger partial charge is 0.491 e. The van der Waals surface area contributed by atoms with Crippen LogP contribution in [0.2, 0.25) is 0 Å². The first-order valence-electron chi connectivity index (χ1n) is 9.42. The number of rotatable bonds is 6. The zero-order valence-corrected chi connectivity index (χ0v) is 16.8.